The normalized spacial score (nSPS) is 10.4. The summed E-state index contributed by atoms with van der Waals surface area (Å²) in [6, 6.07) is 3.49. The van der Waals surface area contributed by atoms with Gasteiger partial charge in [0.2, 0.25) is 0 Å². The molecule has 1 aromatic carbocycles. The van der Waals surface area contributed by atoms with Crippen molar-refractivity contribution in [2.45, 2.75) is 13.2 Å². The van der Waals surface area contributed by atoms with Gasteiger partial charge in [-0.15, -0.1) is 0 Å². The molecule has 0 radical (unpaired) electrons. The van der Waals surface area contributed by atoms with Gasteiger partial charge < -0.3 is 14.9 Å². The van der Waals surface area contributed by atoms with Crippen molar-refractivity contribution in [1.82, 2.24) is 0 Å². The van der Waals surface area contributed by atoms with Crippen LogP contribution in [0.25, 0.3) is 0 Å². The maximum atomic E-state index is 11.9. The number of ether oxygens (including phenoxy) is 1. The van der Waals surface area contributed by atoms with E-state index in [9.17, 15) is 13.6 Å². The van der Waals surface area contributed by atoms with Crippen molar-refractivity contribution < 1.29 is 28.5 Å². The molecule has 0 spiro atoms. The summed E-state index contributed by atoms with van der Waals surface area (Å²) >= 11 is 0. The van der Waals surface area contributed by atoms with Gasteiger partial charge in [-0.3, -0.25) is 0 Å². The molecular weight excluding hydrogens is 210 g/mol. The molecule has 0 saturated carbocycles. The van der Waals surface area contributed by atoms with Crippen LogP contribution in [0.15, 0.2) is 18.2 Å². The molecule has 2 N–H and O–H groups in total. The third-order valence-corrected chi connectivity index (χ3v) is 1.68. The van der Waals surface area contributed by atoms with Gasteiger partial charge in [-0.05, 0) is 17.7 Å². The van der Waals surface area contributed by atoms with E-state index in [0.29, 0.717) is 5.56 Å². The molecule has 0 heterocycles. The number of aliphatic hydroxyl groups is 1. The van der Waals surface area contributed by atoms with E-state index in [1.807, 2.05) is 0 Å². The largest absolute Gasteiger partial charge is 0.478 e. The number of hydrogen-bond donors (Lipinski definition) is 2. The quantitative estimate of drug-likeness (QED) is 0.803. The van der Waals surface area contributed by atoms with Crippen LogP contribution in [0.3, 0.4) is 0 Å². The van der Waals surface area contributed by atoms with Crippen LogP contribution in [0.2, 0.25) is 0 Å². The second kappa shape index (κ2) is 4.70. The molecule has 0 unspecified atom stereocenters. The van der Waals surface area contributed by atoms with Crippen LogP contribution >= 0.6 is 0 Å². The van der Waals surface area contributed by atoms with E-state index in [1.165, 1.54) is 6.07 Å². The summed E-state index contributed by atoms with van der Waals surface area (Å²) in [6.07, 6.45) is 0. The van der Waals surface area contributed by atoms with Crippen LogP contribution in [0.4, 0.5) is 8.78 Å². The van der Waals surface area contributed by atoms with Gasteiger partial charge in [0, 0.05) is 0 Å². The zero-order valence-electron chi connectivity index (χ0n) is 7.48. The molecule has 0 amide bonds. The molecule has 1 rings (SSSR count). The van der Waals surface area contributed by atoms with E-state index in [-0.39, 0.29) is 12.2 Å². The van der Waals surface area contributed by atoms with E-state index in [2.05, 4.69) is 4.74 Å². The number of hydrogen-bond acceptors (Lipinski definition) is 3. The minimum absolute atomic E-state index is 0.302. The highest BCUT2D eigenvalue weighted by Gasteiger charge is 2.15. The topological polar surface area (TPSA) is 66.8 Å². The zero-order chi connectivity index (χ0) is 11.4. The third kappa shape index (κ3) is 2.88. The van der Waals surface area contributed by atoms with Crippen LogP contribution in [0.1, 0.15) is 15.9 Å². The predicted molar refractivity (Wildman–Crippen MR) is 46.0 cm³/mol. The Hall–Kier alpha value is -1.69. The first kappa shape index (κ1) is 11.4. The second-order valence-electron chi connectivity index (χ2n) is 2.67. The number of aliphatic hydroxyl groups excluding tert-OH is 1. The van der Waals surface area contributed by atoms with Crippen molar-refractivity contribution in [3.05, 3.63) is 29.3 Å². The highest BCUT2D eigenvalue weighted by atomic mass is 19.3. The maximum Gasteiger partial charge on any atom is 0.387 e. The van der Waals surface area contributed by atoms with Gasteiger partial charge in [0.1, 0.15) is 11.3 Å². The van der Waals surface area contributed by atoms with Crippen molar-refractivity contribution in [2.75, 3.05) is 0 Å². The summed E-state index contributed by atoms with van der Waals surface area (Å²) in [5.41, 5.74) is -0.0665. The molecule has 0 aromatic heterocycles. The Bertz CT molecular complexity index is 365. The molecule has 82 valence electrons. The molecule has 0 atom stereocenters. The SMILES string of the molecule is O=C(O)c1ccc(CO)cc1OC(F)F. The Balaban J connectivity index is 3.10. The second-order valence-corrected chi connectivity index (χ2v) is 2.67. The number of benzene rings is 1. The van der Waals surface area contributed by atoms with E-state index in [4.69, 9.17) is 10.2 Å². The first-order chi connectivity index (χ1) is 7.04. The summed E-state index contributed by atoms with van der Waals surface area (Å²) < 4.78 is 27.9. The molecule has 0 aliphatic rings. The van der Waals surface area contributed by atoms with Crippen molar-refractivity contribution in [3.63, 3.8) is 0 Å². The lowest BCUT2D eigenvalue weighted by molar-refractivity contribution is -0.0504. The van der Waals surface area contributed by atoms with E-state index in [0.717, 1.165) is 12.1 Å². The number of alkyl halides is 2. The number of rotatable bonds is 4. The molecule has 15 heavy (non-hydrogen) atoms. The molecule has 0 aliphatic heterocycles. The summed E-state index contributed by atoms with van der Waals surface area (Å²) in [5.74, 6) is -1.82. The van der Waals surface area contributed by atoms with Crippen LogP contribution in [0.5, 0.6) is 5.75 Å². The lowest BCUT2D eigenvalue weighted by Crippen LogP contribution is -2.08. The lowest BCUT2D eigenvalue weighted by Gasteiger charge is -2.08. The van der Waals surface area contributed by atoms with Crippen molar-refractivity contribution >= 4 is 5.97 Å². The fourth-order valence-electron chi connectivity index (χ4n) is 1.04. The zero-order valence-corrected chi connectivity index (χ0v) is 7.48. The van der Waals surface area contributed by atoms with Gasteiger partial charge in [0.25, 0.3) is 0 Å². The third-order valence-electron chi connectivity index (χ3n) is 1.68. The molecule has 4 nitrogen and oxygen atoms in total. The summed E-state index contributed by atoms with van der Waals surface area (Å²) in [7, 11) is 0. The van der Waals surface area contributed by atoms with Crippen LogP contribution in [-0.4, -0.2) is 22.8 Å². The Labute approximate surface area is 83.7 Å². The highest BCUT2D eigenvalue weighted by Crippen LogP contribution is 2.22. The van der Waals surface area contributed by atoms with Gasteiger partial charge in [0.15, 0.2) is 0 Å². The maximum absolute atomic E-state index is 11.9. The molecule has 1 aromatic rings. The molecule has 0 fully saturated rings. The van der Waals surface area contributed by atoms with Crippen LogP contribution < -0.4 is 4.74 Å². The monoisotopic (exact) mass is 218 g/mol. The Kier molecular flexibility index (Phi) is 3.56. The van der Waals surface area contributed by atoms with E-state index >= 15 is 0 Å². The number of carbonyl (C=O) groups is 1. The smallest absolute Gasteiger partial charge is 0.387 e. The number of carboxylic acids is 1. The van der Waals surface area contributed by atoms with Crippen LogP contribution in [0, 0.1) is 0 Å². The van der Waals surface area contributed by atoms with Crippen molar-refractivity contribution in [3.8, 4) is 5.75 Å². The molecule has 0 aliphatic carbocycles. The average molecular weight is 218 g/mol. The highest BCUT2D eigenvalue weighted by molar-refractivity contribution is 5.90. The number of aromatic carboxylic acids is 1. The van der Waals surface area contributed by atoms with Gasteiger partial charge in [-0.25, -0.2) is 4.79 Å². The first-order valence-electron chi connectivity index (χ1n) is 3.96. The molecular formula is C9H8F2O4. The molecule has 6 heteroatoms. The van der Waals surface area contributed by atoms with Crippen molar-refractivity contribution in [1.29, 1.82) is 0 Å². The minimum atomic E-state index is -3.10. The van der Waals surface area contributed by atoms with Gasteiger partial charge >= 0.3 is 12.6 Å². The standard InChI is InChI=1S/C9H8F2O4/c10-9(11)15-7-3-5(4-12)1-2-6(7)8(13)14/h1-3,9,12H,4H2,(H,13,14). The number of carboxylic acid groups (broad SMARTS) is 1. The lowest BCUT2D eigenvalue weighted by atomic mass is 10.1. The fourth-order valence-corrected chi connectivity index (χ4v) is 1.04. The van der Waals surface area contributed by atoms with Crippen molar-refractivity contribution in [2.24, 2.45) is 0 Å². The average Bonchev–Trinajstić information content (AvgIpc) is 2.16. The van der Waals surface area contributed by atoms with E-state index in [1.54, 1.807) is 0 Å². The molecule has 0 saturated heterocycles. The van der Waals surface area contributed by atoms with Gasteiger partial charge in [-0.1, -0.05) is 6.07 Å². The minimum Gasteiger partial charge on any atom is -0.478 e. The van der Waals surface area contributed by atoms with Gasteiger partial charge in [-0.2, -0.15) is 8.78 Å². The predicted octanol–water partition coefficient (Wildman–Crippen LogP) is 1.48. The Morgan fingerprint density at radius 1 is 1.47 bits per heavy atom. The molecule has 0 bridgehead atoms. The number of halogens is 2. The summed E-state index contributed by atoms with van der Waals surface area (Å²) in [4.78, 5) is 10.6. The Morgan fingerprint density at radius 3 is 2.60 bits per heavy atom. The fraction of sp³-hybridized carbons (Fsp3) is 0.222. The van der Waals surface area contributed by atoms with Gasteiger partial charge in [0.05, 0.1) is 6.61 Å². The first-order valence-corrected chi connectivity index (χ1v) is 3.96. The van der Waals surface area contributed by atoms with E-state index < -0.39 is 18.3 Å². The van der Waals surface area contributed by atoms with Crippen LogP contribution in [-0.2, 0) is 6.61 Å². The summed E-state index contributed by atoms with van der Waals surface area (Å²) in [5, 5.41) is 17.4. The summed E-state index contributed by atoms with van der Waals surface area (Å²) in [6.45, 7) is -3.48. The Morgan fingerprint density at radius 2 is 2.13 bits per heavy atom.